The van der Waals surface area contributed by atoms with Crippen molar-refractivity contribution in [2.24, 2.45) is 0 Å². The van der Waals surface area contributed by atoms with Crippen LogP contribution in [0.25, 0.3) is 0 Å². The summed E-state index contributed by atoms with van der Waals surface area (Å²) >= 11 is 0. The molecule has 0 spiro atoms. The molecule has 9 heteroatoms. The lowest BCUT2D eigenvalue weighted by Crippen LogP contribution is -2.46. The summed E-state index contributed by atoms with van der Waals surface area (Å²) in [6.45, 7) is 4.58. The molecule has 3 atom stereocenters. The van der Waals surface area contributed by atoms with Crippen LogP contribution in [0.2, 0.25) is 0 Å². The van der Waals surface area contributed by atoms with Crippen molar-refractivity contribution in [1.29, 1.82) is 0 Å². The molecule has 0 aliphatic carbocycles. The minimum absolute atomic E-state index is 0.00295. The van der Waals surface area contributed by atoms with Gasteiger partial charge in [-0.1, -0.05) is 259 Å². The predicted molar refractivity (Wildman–Crippen MR) is 302 cm³/mol. The van der Waals surface area contributed by atoms with Crippen molar-refractivity contribution in [2.45, 2.75) is 257 Å². The van der Waals surface area contributed by atoms with E-state index in [2.05, 4.69) is 104 Å². The number of carbonyl (C=O) groups is 1. The van der Waals surface area contributed by atoms with Crippen molar-refractivity contribution in [1.82, 2.24) is 5.32 Å². The number of quaternary nitrogens is 1. The molecule has 0 aliphatic heterocycles. The van der Waals surface area contributed by atoms with Gasteiger partial charge in [0.1, 0.15) is 13.2 Å². The van der Waals surface area contributed by atoms with Gasteiger partial charge in [0, 0.05) is 6.42 Å². The number of carbonyl (C=O) groups excluding carboxylic acids is 1. The zero-order chi connectivity index (χ0) is 51.3. The Labute approximate surface area is 433 Å². The van der Waals surface area contributed by atoms with Crippen molar-refractivity contribution < 1.29 is 32.9 Å². The molecule has 8 nitrogen and oxygen atoms in total. The van der Waals surface area contributed by atoms with Crippen LogP contribution in [-0.2, 0) is 18.4 Å². The lowest BCUT2D eigenvalue weighted by molar-refractivity contribution is -0.870. The molecule has 2 N–H and O–H groups in total. The van der Waals surface area contributed by atoms with Gasteiger partial charge < -0.3 is 28.8 Å². The van der Waals surface area contributed by atoms with Crippen LogP contribution in [0.1, 0.15) is 245 Å². The van der Waals surface area contributed by atoms with Crippen molar-refractivity contribution in [3.63, 3.8) is 0 Å². The van der Waals surface area contributed by atoms with Crippen LogP contribution in [0.4, 0.5) is 0 Å². The average Bonchev–Trinajstić information content (AvgIpc) is 3.32. The Morgan fingerprint density at radius 2 is 0.857 bits per heavy atom. The number of allylic oxidation sites excluding steroid dienone is 14. The summed E-state index contributed by atoms with van der Waals surface area (Å²) < 4.78 is 23.4. The molecule has 0 bridgehead atoms. The number of likely N-dealkylation sites (N-methyl/N-ethyl adjacent to an activating group) is 1. The van der Waals surface area contributed by atoms with Gasteiger partial charge in [-0.2, -0.15) is 0 Å². The molecule has 0 heterocycles. The summed E-state index contributed by atoms with van der Waals surface area (Å²) in [6, 6.07) is -0.838. The molecule has 0 aromatic heterocycles. The summed E-state index contributed by atoms with van der Waals surface area (Å²) in [5, 5.41) is 14.0. The smallest absolute Gasteiger partial charge is 0.268 e. The van der Waals surface area contributed by atoms with Gasteiger partial charge in [-0.05, 0) is 64.2 Å². The van der Waals surface area contributed by atoms with Gasteiger partial charge >= 0.3 is 0 Å². The Morgan fingerprint density at radius 3 is 1.21 bits per heavy atom. The number of phosphoric acid groups is 1. The Balaban J connectivity index is 4.29. The van der Waals surface area contributed by atoms with Crippen LogP contribution < -0.4 is 10.2 Å². The first-order chi connectivity index (χ1) is 34.0. The average molecular weight is 1000 g/mol. The maximum Gasteiger partial charge on any atom is 0.268 e. The zero-order valence-corrected chi connectivity index (χ0v) is 47.1. The number of aliphatic hydroxyl groups is 1. The molecule has 0 fully saturated rings. The van der Waals surface area contributed by atoms with Crippen molar-refractivity contribution in [3.05, 3.63) is 85.1 Å². The monoisotopic (exact) mass is 999 g/mol. The first-order valence-corrected chi connectivity index (χ1v) is 30.4. The Bertz CT molecular complexity index is 1410. The normalized spacial score (nSPS) is 14.6. The molecule has 0 aliphatic rings. The van der Waals surface area contributed by atoms with Gasteiger partial charge in [0.15, 0.2) is 0 Å². The summed E-state index contributed by atoms with van der Waals surface area (Å²) in [4.78, 5) is 25.5. The maximum atomic E-state index is 13.0. The number of amides is 1. The number of nitrogens with one attached hydrogen (secondary N) is 1. The van der Waals surface area contributed by atoms with E-state index in [1.807, 2.05) is 21.1 Å². The standard InChI is InChI=1S/C61H111N2O6P/c1-6-8-10-12-14-16-18-20-22-24-26-28-30-31-33-34-36-38-40-42-44-46-48-50-52-54-60(64)59(58-69-70(66,67)68-57-56-63(3,4)5)62-61(65)55-53-51-49-47-45-43-41-39-37-35-32-29-27-25-23-21-19-17-15-13-11-9-7-2/h9,11,15,17,21,23,27,29,35,37,41,43,47,49,59-60,64H,6-8,10,12-14,16,18-20,22,24-26,28,30-34,36,38-40,42,44-46,48,50-58H2,1-5H3,(H-,62,65,66,67)/b11-9-,17-15-,23-21-,29-27-,37-35-,43-41-,49-47-. The minimum atomic E-state index is -4.60. The van der Waals surface area contributed by atoms with Gasteiger partial charge in [0.25, 0.3) is 7.82 Å². The predicted octanol–water partition coefficient (Wildman–Crippen LogP) is 17.0. The van der Waals surface area contributed by atoms with Gasteiger partial charge in [-0.25, -0.2) is 0 Å². The third-order valence-electron chi connectivity index (χ3n) is 12.6. The molecule has 0 radical (unpaired) electrons. The highest BCUT2D eigenvalue weighted by Crippen LogP contribution is 2.38. The van der Waals surface area contributed by atoms with E-state index in [4.69, 9.17) is 9.05 Å². The fraction of sp³-hybridized carbons (Fsp3) is 0.754. The van der Waals surface area contributed by atoms with Gasteiger partial charge in [0.05, 0.1) is 39.9 Å². The summed E-state index contributed by atoms with van der Waals surface area (Å²) in [5.41, 5.74) is 0. The second kappa shape index (κ2) is 51.6. The van der Waals surface area contributed by atoms with Gasteiger partial charge in [-0.3, -0.25) is 9.36 Å². The molecule has 0 aromatic rings. The lowest BCUT2D eigenvalue weighted by Gasteiger charge is -2.30. The third-order valence-corrected chi connectivity index (χ3v) is 13.6. The van der Waals surface area contributed by atoms with E-state index in [0.717, 1.165) is 70.6 Å². The minimum Gasteiger partial charge on any atom is -0.756 e. The van der Waals surface area contributed by atoms with Crippen LogP contribution >= 0.6 is 7.82 Å². The summed E-state index contributed by atoms with van der Waals surface area (Å²) in [5.74, 6) is -0.223. The number of aliphatic hydroxyl groups excluding tert-OH is 1. The first-order valence-electron chi connectivity index (χ1n) is 28.9. The van der Waals surface area contributed by atoms with Gasteiger partial charge in [-0.15, -0.1) is 0 Å². The summed E-state index contributed by atoms with van der Waals surface area (Å²) in [7, 11) is 1.26. The van der Waals surface area contributed by atoms with Crippen LogP contribution in [0.15, 0.2) is 85.1 Å². The molecule has 0 aromatic carbocycles. The van der Waals surface area contributed by atoms with Crippen LogP contribution in [0.5, 0.6) is 0 Å². The first kappa shape index (κ1) is 67.7. The number of hydrogen-bond donors (Lipinski definition) is 2. The molecule has 0 saturated carbocycles. The Morgan fingerprint density at radius 1 is 0.514 bits per heavy atom. The maximum absolute atomic E-state index is 13.0. The van der Waals surface area contributed by atoms with E-state index < -0.39 is 20.0 Å². The molecule has 70 heavy (non-hydrogen) atoms. The van der Waals surface area contributed by atoms with E-state index in [0.29, 0.717) is 23.9 Å². The van der Waals surface area contributed by atoms with E-state index in [9.17, 15) is 19.4 Å². The van der Waals surface area contributed by atoms with Crippen LogP contribution in [-0.4, -0.2) is 68.5 Å². The molecule has 3 unspecified atom stereocenters. The number of unbranched alkanes of at least 4 members (excludes halogenated alkanes) is 25. The number of hydrogen-bond acceptors (Lipinski definition) is 6. The Hall–Kier alpha value is -2.32. The third kappa shape index (κ3) is 53.5. The zero-order valence-electron chi connectivity index (χ0n) is 46.2. The second-order valence-corrected chi connectivity index (χ2v) is 22.0. The number of nitrogens with zero attached hydrogens (tertiary/aromatic N) is 1. The van der Waals surface area contributed by atoms with Crippen molar-refractivity contribution >= 4 is 13.7 Å². The quantitative estimate of drug-likeness (QED) is 0.0272. The fourth-order valence-electron chi connectivity index (χ4n) is 8.15. The molecule has 1 amide bonds. The number of phosphoric ester groups is 1. The highest BCUT2D eigenvalue weighted by atomic mass is 31.2. The van der Waals surface area contributed by atoms with Crippen LogP contribution in [0, 0.1) is 0 Å². The lowest BCUT2D eigenvalue weighted by atomic mass is 10.0. The highest BCUT2D eigenvalue weighted by Gasteiger charge is 2.24. The van der Waals surface area contributed by atoms with E-state index in [1.165, 1.54) is 141 Å². The SMILES string of the molecule is CC/C=C\C/C=C\C/C=C\C/C=C\C/C=C\C/C=C\C/C=C\CCCC(=O)NC(COP(=O)([O-])OCC[N+](C)(C)C)C(O)CCCCCCCCCCCCCCCCCCCCCCCCCCC. The van der Waals surface area contributed by atoms with E-state index in [1.54, 1.807) is 0 Å². The fourth-order valence-corrected chi connectivity index (χ4v) is 8.87. The molecular weight excluding hydrogens is 888 g/mol. The molecule has 406 valence electrons. The van der Waals surface area contributed by atoms with Crippen molar-refractivity contribution in [3.8, 4) is 0 Å². The highest BCUT2D eigenvalue weighted by molar-refractivity contribution is 7.45. The topological polar surface area (TPSA) is 108 Å². The van der Waals surface area contributed by atoms with Crippen LogP contribution in [0.3, 0.4) is 0 Å². The van der Waals surface area contributed by atoms with E-state index >= 15 is 0 Å². The summed E-state index contributed by atoms with van der Waals surface area (Å²) in [6.07, 6.45) is 72.0. The largest absolute Gasteiger partial charge is 0.756 e. The van der Waals surface area contributed by atoms with Gasteiger partial charge in [0.2, 0.25) is 5.91 Å². The van der Waals surface area contributed by atoms with E-state index in [-0.39, 0.29) is 25.5 Å². The Kier molecular flexibility index (Phi) is 49.9. The number of rotatable bonds is 52. The second-order valence-electron chi connectivity index (χ2n) is 20.6. The molecular formula is C61H111N2O6P. The van der Waals surface area contributed by atoms with Crippen molar-refractivity contribution in [2.75, 3.05) is 40.9 Å². The molecule has 0 saturated heterocycles. The molecule has 0 rings (SSSR count).